The van der Waals surface area contributed by atoms with E-state index in [1.54, 1.807) is 0 Å². The summed E-state index contributed by atoms with van der Waals surface area (Å²) in [4.78, 5) is 16.8. The summed E-state index contributed by atoms with van der Waals surface area (Å²) in [6.07, 6.45) is 4.14. The molecule has 0 bridgehead atoms. The Hall–Kier alpha value is -0.650. The first-order chi connectivity index (χ1) is 9.92. The minimum Gasteiger partial charge on any atom is -0.368 e. The van der Waals surface area contributed by atoms with Crippen molar-refractivity contribution in [2.75, 3.05) is 39.8 Å². The molecule has 0 aromatic carbocycles. The van der Waals surface area contributed by atoms with Crippen molar-refractivity contribution in [2.24, 2.45) is 5.73 Å². The molecular formula is C16H34N4O. The Balaban J connectivity index is 2.62. The normalized spacial score (nSPS) is 24.5. The molecule has 0 spiro atoms. The van der Waals surface area contributed by atoms with Gasteiger partial charge >= 0.3 is 0 Å². The van der Waals surface area contributed by atoms with Gasteiger partial charge in [0.05, 0.1) is 5.54 Å². The highest BCUT2D eigenvalue weighted by molar-refractivity contribution is 5.84. The molecule has 0 aromatic heterocycles. The van der Waals surface area contributed by atoms with Gasteiger partial charge in [0.15, 0.2) is 0 Å². The summed E-state index contributed by atoms with van der Waals surface area (Å²) < 4.78 is 0. The van der Waals surface area contributed by atoms with Gasteiger partial charge in [-0.1, -0.05) is 13.8 Å². The highest BCUT2D eigenvalue weighted by Crippen LogP contribution is 2.16. The Morgan fingerprint density at radius 1 is 1.38 bits per heavy atom. The average Bonchev–Trinajstić information content (AvgIpc) is 2.63. The molecular weight excluding hydrogens is 264 g/mol. The zero-order valence-corrected chi connectivity index (χ0v) is 14.3. The van der Waals surface area contributed by atoms with E-state index >= 15 is 0 Å². The van der Waals surface area contributed by atoms with Crippen LogP contribution in [-0.4, -0.2) is 67.1 Å². The number of rotatable bonds is 8. The zero-order valence-electron chi connectivity index (χ0n) is 14.3. The molecule has 1 rings (SSSR count). The summed E-state index contributed by atoms with van der Waals surface area (Å²) in [7, 11) is 2.20. The second-order valence-electron chi connectivity index (χ2n) is 6.59. The van der Waals surface area contributed by atoms with Crippen molar-refractivity contribution in [3.8, 4) is 0 Å². The van der Waals surface area contributed by atoms with E-state index in [1.165, 1.54) is 6.42 Å². The van der Waals surface area contributed by atoms with E-state index in [2.05, 4.69) is 36.0 Å². The van der Waals surface area contributed by atoms with Crippen molar-refractivity contribution in [2.45, 2.75) is 58.0 Å². The Morgan fingerprint density at radius 2 is 2.10 bits per heavy atom. The van der Waals surface area contributed by atoms with Crippen molar-refractivity contribution >= 4 is 5.91 Å². The lowest BCUT2D eigenvalue weighted by molar-refractivity contribution is -0.124. The van der Waals surface area contributed by atoms with Crippen LogP contribution in [0.15, 0.2) is 0 Å². The molecule has 0 saturated carbocycles. The Morgan fingerprint density at radius 3 is 2.67 bits per heavy atom. The lowest BCUT2D eigenvalue weighted by Crippen LogP contribution is -2.55. The van der Waals surface area contributed by atoms with Crippen LogP contribution in [0.2, 0.25) is 0 Å². The van der Waals surface area contributed by atoms with Crippen LogP contribution in [0.25, 0.3) is 0 Å². The SMILES string of the molecule is CCCNC(C)(CCN1CCCN(C)CC1CC)C(N)=O. The zero-order chi connectivity index (χ0) is 15.9. The highest BCUT2D eigenvalue weighted by Gasteiger charge is 2.32. The minimum absolute atomic E-state index is 0.240. The summed E-state index contributed by atoms with van der Waals surface area (Å²) in [5, 5.41) is 3.33. The van der Waals surface area contributed by atoms with E-state index in [4.69, 9.17) is 5.73 Å². The summed E-state index contributed by atoms with van der Waals surface area (Å²) in [6.45, 7) is 11.5. The number of nitrogens with two attached hydrogens (primary N) is 1. The predicted octanol–water partition coefficient (Wildman–Crippen LogP) is 1.04. The van der Waals surface area contributed by atoms with Crippen molar-refractivity contribution in [1.29, 1.82) is 0 Å². The first-order valence-electron chi connectivity index (χ1n) is 8.40. The Kier molecular flexibility index (Phi) is 7.63. The number of hydrogen-bond acceptors (Lipinski definition) is 4. The molecule has 0 radical (unpaired) electrons. The maximum absolute atomic E-state index is 11.8. The predicted molar refractivity (Wildman–Crippen MR) is 88.3 cm³/mol. The second-order valence-corrected chi connectivity index (χ2v) is 6.59. The number of amides is 1. The van der Waals surface area contributed by atoms with Crippen LogP contribution >= 0.6 is 0 Å². The standard InChI is InChI=1S/C16H34N4O/c1-5-9-18-16(3,15(17)21)8-12-20-11-7-10-19(4)13-14(20)6-2/h14,18H,5-13H2,1-4H3,(H2,17,21). The second kappa shape index (κ2) is 8.71. The maximum atomic E-state index is 11.8. The van der Waals surface area contributed by atoms with Gasteiger partial charge in [-0.05, 0) is 59.3 Å². The third-order valence-corrected chi connectivity index (χ3v) is 4.70. The van der Waals surface area contributed by atoms with Gasteiger partial charge in [-0.15, -0.1) is 0 Å². The van der Waals surface area contributed by atoms with Gasteiger partial charge in [0, 0.05) is 19.1 Å². The number of primary amides is 1. The summed E-state index contributed by atoms with van der Waals surface area (Å²) >= 11 is 0. The van der Waals surface area contributed by atoms with Crippen molar-refractivity contribution < 1.29 is 4.79 Å². The molecule has 5 nitrogen and oxygen atoms in total. The summed E-state index contributed by atoms with van der Waals surface area (Å²) in [5.41, 5.74) is 5.03. The van der Waals surface area contributed by atoms with Gasteiger partial charge in [-0.3, -0.25) is 9.69 Å². The fourth-order valence-corrected chi connectivity index (χ4v) is 3.04. The molecule has 1 amide bonds. The van der Waals surface area contributed by atoms with Crippen LogP contribution in [0, 0.1) is 0 Å². The highest BCUT2D eigenvalue weighted by atomic mass is 16.1. The third kappa shape index (κ3) is 5.57. The number of likely N-dealkylation sites (N-methyl/N-ethyl adjacent to an activating group) is 1. The smallest absolute Gasteiger partial charge is 0.237 e. The minimum atomic E-state index is -0.591. The van der Waals surface area contributed by atoms with Gasteiger partial charge in [-0.25, -0.2) is 0 Å². The van der Waals surface area contributed by atoms with Gasteiger partial charge in [-0.2, -0.15) is 0 Å². The molecule has 2 atom stereocenters. The number of carbonyl (C=O) groups is 1. The fraction of sp³-hybridized carbons (Fsp3) is 0.938. The molecule has 2 unspecified atom stereocenters. The number of hydrogen-bond donors (Lipinski definition) is 2. The number of carbonyl (C=O) groups excluding carboxylic acids is 1. The molecule has 1 fully saturated rings. The van der Waals surface area contributed by atoms with Crippen LogP contribution in [0.5, 0.6) is 0 Å². The molecule has 1 heterocycles. The quantitative estimate of drug-likeness (QED) is 0.703. The molecule has 0 aliphatic carbocycles. The lowest BCUT2D eigenvalue weighted by Gasteiger charge is -2.34. The van der Waals surface area contributed by atoms with E-state index in [0.29, 0.717) is 6.04 Å². The van der Waals surface area contributed by atoms with E-state index < -0.39 is 5.54 Å². The molecule has 3 N–H and O–H groups in total. The van der Waals surface area contributed by atoms with Crippen LogP contribution in [0.4, 0.5) is 0 Å². The van der Waals surface area contributed by atoms with Crippen LogP contribution < -0.4 is 11.1 Å². The van der Waals surface area contributed by atoms with E-state index in [1.807, 2.05) is 6.92 Å². The Labute approximate surface area is 130 Å². The van der Waals surface area contributed by atoms with Gasteiger partial charge in [0.25, 0.3) is 0 Å². The van der Waals surface area contributed by atoms with Crippen LogP contribution in [-0.2, 0) is 4.79 Å². The molecule has 1 aliphatic heterocycles. The van der Waals surface area contributed by atoms with E-state index in [-0.39, 0.29) is 5.91 Å². The molecule has 0 aromatic rings. The monoisotopic (exact) mass is 298 g/mol. The van der Waals surface area contributed by atoms with Crippen molar-refractivity contribution in [3.63, 3.8) is 0 Å². The molecule has 124 valence electrons. The topological polar surface area (TPSA) is 61.6 Å². The lowest BCUT2D eigenvalue weighted by atomic mass is 9.95. The van der Waals surface area contributed by atoms with Crippen molar-refractivity contribution in [1.82, 2.24) is 15.1 Å². The molecule has 5 heteroatoms. The molecule has 1 saturated heterocycles. The first-order valence-corrected chi connectivity index (χ1v) is 8.40. The van der Waals surface area contributed by atoms with Gasteiger partial charge in [0.2, 0.25) is 5.91 Å². The number of nitrogens with zero attached hydrogens (tertiary/aromatic N) is 2. The third-order valence-electron chi connectivity index (χ3n) is 4.70. The summed E-state index contributed by atoms with van der Waals surface area (Å²) in [6, 6.07) is 0.584. The van der Waals surface area contributed by atoms with Crippen LogP contribution in [0.1, 0.15) is 46.5 Å². The summed E-state index contributed by atoms with van der Waals surface area (Å²) in [5.74, 6) is -0.240. The van der Waals surface area contributed by atoms with Gasteiger partial charge in [0.1, 0.15) is 0 Å². The molecule has 1 aliphatic rings. The largest absolute Gasteiger partial charge is 0.368 e. The van der Waals surface area contributed by atoms with E-state index in [0.717, 1.165) is 52.0 Å². The van der Waals surface area contributed by atoms with Gasteiger partial charge < -0.3 is 16.0 Å². The van der Waals surface area contributed by atoms with E-state index in [9.17, 15) is 4.79 Å². The van der Waals surface area contributed by atoms with Crippen molar-refractivity contribution in [3.05, 3.63) is 0 Å². The molecule has 21 heavy (non-hydrogen) atoms. The Bertz CT molecular complexity index is 323. The maximum Gasteiger partial charge on any atom is 0.237 e. The first kappa shape index (κ1) is 18.4. The average molecular weight is 298 g/mol. The fourth-order valence-electron chi connectivity index (χ4n) is 3.04. The number of nitrogens with one attached hydrogen (secondary N) is 1. The van der Waals surface area contributed by atoms with Crippen LogP contribution in [0.3, 0.4) is 0 Å².